The molecule has 1 unspecified atom stereocenters. The second kappa shape index (κ2) is 9.16. The quantitative estimate of drug-likeness (QED) is 0.590. The molecule has 1 N–H and O–H groups in total. The Labute approximate surface area is 167 Å². The Hall–Kier alpha value is -3.46. The largest absolute Gasteiger partial charge is 0.474 e. The first-order valence-electron chi connectivity index (χ1n) is 9.13. The second-order valence-corrected chi connectivity index (χ2v) is 6.46. The third-order valence-corrected chi connectivity index (χ3v) is 4.41. The number of benzene rings is 2. The minimum absolute atomic E-state index is 0.0106. The number of nitro groups is 1. The lowest BCUT2D eigenvalue weighted by Crippen LogP contribution is -2.40. The van der Waals surface area contributed by atoms with Crippen LogP contribution in [0.2, 0.25) is 0 Å². The molecule has 0 bridgehead atoms. The summed E-state index contributed by atoms with van der Waals surface area (Å²) in [6.07, 6.45) is -0.977. The van der Waals surface area contributed by atoms with Gasteiger partial charge >= 0.3 is 5.69 Å². The van der Waals surface area contributed by atoms with Crippen LogP contribution >= 0.6 is 0 Å². The molecular formula is C20H21N3O6. The average molecular weight is 399 g/mol. The van der Waals surface area contributed by atoms with Crippen molar-refractivity contribution >= 4 is 23.2 Å². The van der Waals surface area contributed by atoms with Crippen LogP contribution in [-0.2, 0) is 9.53 Å². The van der Waals surface area contributed by atoms with Crippen molar-refractivity contribution < 1.29 is 24.0 Å². The second-order valence-electron chi connectivity index (χ2n) is 6.46. The molecular weight excluding hydrogens is 378 g/mol. The molecule has 1 aliphatic heterocycles. The Morgan fingerprint density at radius 1 is 1.17 bits per heavy atom. The lowest BCUT2D eigenvalue weighted by atomic mass is 10.1. The first kappa shape index (κ1) is 20.3. The summed E-state index contributed by atoms with van der Waals surface area (Å²) in [5.41, 5.74) is 0.675. The maximum Gasteiger partial charge on any atom is 0.310 e. The molecule has 9 nitrogen and oxygen atoms in total. The normalized spacial score (nSPS) is 14.7. The van der Waals surface area contributed by atoms with E-state index in [4.69, 9.17) is 9.47 Å². The molecule has 0 aromatic heterocycles. The number of morpholine rings is 1. The zero-order valence-corrected chi connectivity index (χ0v) is 15.9. The van der Waals surface area contributed by atoms with Crippen molar-refractivity contribution in [3.63, 3.8) is 0 Å². The molecule has 1 fully saturated rings. The van der Waals surface area contributed by atoms with Crippen LogP contribution in [-0.4, -0.2) is 54.0 Å². The number of para-hydroxylation sites is 2. The molecule has 3 rings (SSSR count). The summed E-state index contributed by atoms with van der Waals surface area (Å²) < 4.78 is 10.7. The summed E-state index contributed by atoms with van der Waals surface area (Å²) in [6.45, 7) is 3.55. The Bertz CT molecular complexity index is 911. The van der Waals surface area contributed by atoms with Crippen LogP contribution in [0.25, 0.3) is 0 Å². The van der Waals surface area contributed by atoms with Crippen LogP contribution in [0.1, 0.15) is 17.3 Å². The number of carbonyl (C=O) groups is 2. The van der Waals surface area contributed by atoms with Gasteiger partial charge in [-0.05, 0) is 31.2 Å². The molecule has 1 saturated heterocycles. The molecule has 1 heterocycles. The molecule has 0 spiro atoms. The average Bonchev–Trinajstić information content (AvgIpc) is 2.74. The van der Waals surface area contributed by atoms with Gasteiger partial charge in [-0.2, -0.15) is 0 Å². The van der Waals surface area contributed by atoms with Crippen molar-refractivity contribution in [2.75, 3.05) is 31.6 Å². The minimum atomic E-state index is -0.977. The number of carbonyl (C=O) groups excluding carboxylic acids is 2. The highest BCUT2D eigenvalue weighted by atomic mass is 16.6. The minimum Gasteiger partial charge on any atom is -0.474 e. The molecule has 0 aliphatic carbocycles. The summed E-state index contributed by atoms with van der Waals surface area (Å²) in [5.74, 6) is -0.607. The van der Waals surface area contributed by atoms with E-state index in [2.05, 4.69) is 5.32 Å². The van der Waals surface area contributed by atoms with Gasteiger partial charge in [0.05, 0.1) is 18.1 Å². The molecule has 9 heteroatoms. The number of rotatable bonds is 6. The van der Waals surface area contributed by atoms with Crippen LogP contribution in [0.3, 0.4) is 0 Å². The SMILES string of the molecule is CC(Oc1ccccc1[N+](=O)[O-])C(=O)Nc1cccc(C(=O)N2CCOCC2)c1. The Balaban J connectivity index is 1.66. The van der Waals surface area contributed by atoms with Gasteiger partial charge in [0.25, 0.3) is 11.8 Å². The van der Waals surface area contributed by atoms with E-state index in [0.717, 1.165) is 0 Å². The molecule has 29 heavy (non-hydrogen) atoms. The molecule has 0 saturated carbocycles. The summed E-state index contributed by atoms with van der Waals surface area (Å²) in [6, 6.07) is 12.5. The van der Waals surface area contributed by atoms with Crippen LogP contribution in [0.5, 0.6) is 5.75 Å². The third-order valence-electron chi connectivity index (χ3n) is 4.41. The molecule has 1 aliphatic rings. The van der Waals surface area contributed by atoms with Gasteiger partial charge in [0, 0.05) is 30.4 Å². The van der Waals surface area contributed by atoms with E-state index >= 15 is 0 Å². The van der Waals surface area contributed by atoms with Gasteiger partial charge in [-0.1, -0.05) is 18.2 Å². The number of anilines is 1. The van der Waals surface area contributed by atoms with E-state index in [9.17, 15) is 19.7 Å². The van der Waals surface area contributed by atoms with Crippen LogP contribution < -0.4 is 10.1 Å². The number of ether oxygens (including phenoxy) is 2. The Kier molecular flexibility index (Phi) is 6.40. The first-order valence-corrected chi connectivity index (χ1v) is 9.13. The van der Waals surface area contributed by atoms with Gasteiger partial charge in [-0.15, -0.1) is 0 Å². The predicted octanol–water partition coefficient (Wildman–Crippen LogP) is 2.47. The van der Waals surface area contributed by atoms with E-state index in [1.165, 1.54) is 25.1 Å². The van der Waals surface area contributed by atoms with Crippen LogP contribution in [0, 0.1) is 10.1 Å². The maximum atomic E-state index is 12.6. The van der Waals surface area contributed by atoms with E-state index in [-0.39, 0.29) is 17.3 Å². The van der Waals surface area contributed by atoms with Gasteiger partial charge in [-0.3, -0.25) is 19.7 Å². The highest BCUT2D eigenvalue weighted by Crippen LogP contribution is 2.27. The summed E-state index contributed by atoms with van der Waals surface area (Å²) in [5, 5.41) is 13.8. The standard InChI is InChI=1S/C20H21N3O6/c1-14(29-18-8-3-2-7-17(18)23(26)27)19(24)21-16-6-4-5-15(13-16)20(25)22-9-11-28-12-10-22/h2-8,13-14H,9-12H2,1H3,(H,21,24). The molecule has 152 valence electrons. The topological polar surface area (TPSA) is 111 Å². The van der Waals surface area contributed by atoms with Crippen molar-refractivity contribution in [3.8, 4) is 5.75 Å². The van der Waals surface area contributed by atoms with E-state index in [1.54, 1.807) is 35.2 Å². The Morgan fingerprint density at radius 2 is 1.90 bits per heavy atom. The Morgan fingerprint density at radius 3 is 2.62 bits per heavy atom. The first-order chi connectivity index (χ1) is 14.0. The van der Waals surface area contributed by atoms with Gasteiger partial charge < -0.3 is 19.7 Å². The van der Waals surface area contributed by atoms with Crippen molar-refractivity contribution in [2.45, 2.75) is 13.0 Å². The number of nitrogens with zero attached hydrogens (tertiary/aromatic N) is 2. The molecule has 0 radical (unpaired) electrons. The molecule has 1 atom stereocenters. The summed E-state index contributed by atoms with van der Waals surface area (Å²) >= 11 is 0. The molecule has 2 amide bonds. The van der Waals surface area contributed by atoms with Crippen molar-refractivity contribution in [3.05, 3.63) is 64.2 Å². The van der Waals surface area contributed by atoms with E-state index in [1.807, 2.05) is 0 Å². The van der Waals surface area contributed by atoms with Crippen molar-refractivity contribution in [1.29, 1.82) is 0 Å². The van der Waals surface area contributed by atoms with Gasteiger partial charge in [0.2, 0.25) is 0 Å². The van der Waals surface area contributed by atoms with E-state index in [0.29, 0.717) is 37.6 Å². The van der Waals surface area contributed by atoms with Crippen molar-refractivity contribution in [1.82, 2.24) is 4.90 Å². The predicted molar refractivity (Wildman–Crippen MR) is 105 cm³/mol. The fraction of sp³-hybridized carbons (Fsp3) is 0.300. The van der Waals surface area contributed by atoms with Crippen LogP contribution in [0.4, 0.5) is 11.4 Å². The zero-order chi connectivity index (χ0) is 20.8. The molecule has 2 aromatic carbocycles. The monoisotopic (exact) mass is 399 g/mol. The summed E-state index contributed by atoms with van der Waals surface area (Å²) in [7, 11) is 0. The lowest BCUT2D eigenvalue weighted by Gasteiger charge is -2.27. The van der Waals surface area contributed by atoms with Gasteiger partial charge in [0.1, 0.15) is 0 Å². The van der Waals surface area contributed by atoms with Crippen LogP contribution in [0.15, 0.2) is 48.5 Å². The number of amides is 2. The van der Waals surface area contributed by atoms with Crippen molar-refractivity contribution in [2.24, 2.45) is 0 Å². The molecule has 2 aromatic rings. The van der Waals surface area contributed by atoms with E-state index < -0.39 is 16.9 Å². The number of nitrogens with one attached hydrogen (secondary N) is 1. The third kappa shape index (κ3) is 5.08. The number of hydrogen-bond donors (Lipinski definition) is 1. The smallest absolute Gasteiger partial charge is 0.310 e. The highest BCUT2D eigenvalue weighted by Gasteiger charge is 2.22. The highest BCUT2D eigenvalue weighted by molar-refractivity contribution is 5.98. The number of nitro benzene ring substituents is 1. The fourth-order valence-electron chi connectivity index (χ4n) is 2.87. The summed E-state index contributed by atoms with van der Waals surface area (Å²) in [4.78, 5) is 37.3. The fourth-order valence-corrected chi connectivity index (χ4v) is 2.87. The van der Waals surface area contributed by atoms with Gasteiger partial charge in [-0.25, -0.2) is 0 Å². The number of hydrogen-bond acceptors (Lipinski definition) is 6. The van der Waals surface area contributed by atoms with Gasteiger partial charge in [0.15, 0.2) is 11.9 Å². The maximum absolute atomic E-state index is 12.6. The lowest BCUT2D eigenvalue weighted by molar-refractivity contribution is -0.386. The zero-order valence-electron chi connectivity index (χ0n) is 15.9.